The lowest BCUT2D eigenvalue weighted by molar-refractivity contribution is 0.270. The number of hydrogen-bond acceptors (Lipinski definition) is 2. The van der Waals surface area contributed by atoms with Crippen molar-refractivity contribution in [3.8, 4) is 0 Å². The van der Waals surface area contributed by atoms with Crippen LogP contribution in [0.3, 0.4) is 0 Å². The first-order valence-corrected chi connectivity index (χ1v) is 5.50. The SMILES string of the molecule is CCO/C=C/C1=N/C=C/CC(C)C(Cl)=C1. The van der Waals surface area contributed by atoms with Crippen LogP contribution in [-0.2, 0) is 4.74 Å². The molecule has 1 unspecified atom stereocenters. The molecule has 1 aliphatic heterocycles. The molecule has 0 aliphatic carbocycles. The van der Waals surface area contributed by atoms with E-state index in [1.807, 2.05) is 31.4 Å². The Morgan fingerprint density at radius 3 is 3.20 bits per heavy atom. The Labute approximate surface area is 96.0 Å². The summed E-state index contributed by atoms with van der Waals surface area (Å²) in [6.45, 7) is 4.70. The Morgan fingerprint density at radius 1 is 1.67 bits per heavy atom. The molecule has 0 spiro atoms. The molecule has 0 saturated carbocycles. The zero-order chi connectivity index (χ0) is 11.1. The Kier molecular flexibility index (Phi) is 5.19. The summed E-state index contributed by atoms with van der Waals surface area (Å²) in [5, 5.41) is 0.833. The summed E-state index contributed by atoms with van der Waals surface area (Å²) in [6, 6.07) is 0. The molecular formula is C12H16ClNO. The lowest BCUT2D eigenvalue weighted by atomic mass is 10.1. The molecule has 1 heterocycles. The van der Waals surface area contributed by atoms with Gasteiger partial charge in [0.15, 0.2) is 0 Å². The summed E-state index contributed by atoms with van der Waals surface area (Å²) in [7, 11) is 0. The van der Waals surface area contributed by atoms with Crippen molar-refractivity contribution in [3.63, 3.8) is 0 Å². The molecule has 2 nitrogen and oxygen atoms in total. The van der Waals surface area contributed by atoms with Crippen molar-refractivity contribution < 1.29 is 4.74 Å². The Bertz CT molecular complexity index is 316. The molecule has 0 bridgehead atoms. The molecule has 15 heavy (non-hydrogen) atoms. The molecule has 0 aromatic rings. The molecule has 0 N–H and O–H groups in total. The van der Waals surface area contributed by atoms with Gasteiger partial charge in [-0.25, -0.2) is 0 Å². The lowest BCUT2D eigenvalue weighted by Crippen LogP contribution is -1.99. The molecule has 82 valence electrons. The smallest absolute Gasteiger partial charge is 0.0850 e. The number of allylic oxidation sites excluding steroid dienone is 4. The van der Waals surface area contributed by atoms with E-state index in [4.69, 9.17) is 16.3 Å². The molecule has 3 heteroatoms. The summed E-state index contributed by atoms with van der Waals surface area (Å²) in [5.74, 6) is 0.355. The van der Waals surface area contributed by atoms with Crippen molar-refractivity contribution in [2.45, 2.75) is 20.3 Å². The van der Waals surface area contributed by atoms with Gasteiger partial charge < -0.3 is 4.74 Å². The van der Waals surface area contributed by atoms with E-state index in [0.717, 1.165) is 17.2 Å². The topological polar surface area (TPSA) is 21.6 Å². The fourth-order valence-electron chi connectivity index (χ4n) is 1.14. The lowest BCUT2D eigenvalue weighted by Gasteiger charge is -2.08. The van der Waals surface area contributed by atoms with Crippen LogP contribution in [0.5, 0.6) is 0 Å². The van der Waals surface area contributed by atoms with E-state index in [9.17, 15) is 0 Å². The van der Waals surface area contributed by atoms with E-state index < -0.39 is 0 Å². The van der Waals surface area contributed by atoms with E-state index in [1.54, 1.807) is 6.26 Å². The molecule has 0 radical (unpaired) electrons. The monoisotopic (exact) mass is 225 g/mol. The fraction of sp³-hybridized carbons (Fsp3) is 0.417. The number of aliphatic imine (C=N–C) groups is 1. The minimum atomic E-state index is 0.355. The van der Waals surface area contributed by atoms with Crippen LogP contribution in [0, 0.1) is 5.92 Å². The first-order chi connectivity index (χ1) is 7.24. The summed E-state index contributed by atoms with van der Waals surface area (Å²) >= 11 is 6.12. The highest BCUT2D eigenvalue weighted by atomic mass is 35.5. The Morgan fingerprint density at radius 2 is 2.47 bits per heavy atom. The van der Waals surface area contributed by atoms with Gasteiger partial charge in [0.25, 0.3) is 0 Å². The molecule has 1 aliphatic rings. The van der Waals surface area contributed by atoms with E-state index in [0.29, 0.717) is 12.5 Å². The van der Waals surface area contributed by atoms with Crippen molar-refractivity contribution in [2.24, 2.45) is 10.9 Å². The predicted octanol–water partition coefficient (Wildman–Crippen LogP) is 3.65. The standard InChI is InChI=1S/C12H16ClNO/c1-3-15-8-6-11-9-12(13)10(2)5-4-7-14-11/h4,6-10H,3,5H2,1-2H3/b7-4+,8-6+,12-9?,14-11-. The normalized spacial score (nSPS) is 27.5. The first kappa shape index (κ1) is 12.1. The van der Waals surface area contributed by atoms with Crippen LogP contribution in [0.15, 0.2) is 40.7 Å². The second-order valence-electron chi connectivity index (χ2n) is 3.36. The van der Waals surface area contributed by atoms with Gasteiger partial charge in [-0.2, -0.15) is 0 Å². The van der Waals surface area contributed by atoms with Crippen molar-refractivity contribution in [1.29, 1.82) is 0 Å². The van der Waals surface area contributed by atoms with Crippen molar-refractivity contribution in [2.75, 3.05) is 6.61 Å². The zero-order valence-electron chi connectivity index (χ0n) is 9.11. The number of halogens is 1. The van der Waals surface area contributed by atoms with E-state index in [-0.39, 0.29) is 0 Å². The number of rotatable bonds is 3. The summed E-state index contributed by atoms with van der Waals surface area (Å²) < 4.78 is 5.11. The third kappa shape index (κ3) is 4.34. The quantitative estimate of drug-likeness (QED) is 0.672. The molecule has 0 fully saturated rings. The van der Waals surface area contributed by atoms with Gasteiger partial charge >= 0.3 is 0 Å². The number of hydrogen-bond donors (Lipinski definition) is 0. The Balaban J connectivity index is 2.76. The second kappa shape index (κ2) is 6.46. The molecule has 0 aromatic carbocycles. The molecule has 0 amide bonds. The molecular weight excluding hydrogens is 210 g/mol. The second-order valence-corrected chi connectivity index (χ2v) is 3.80. The van der Waals surface area contributed by atoms with E-state index in [1.165, 1.54) is 0 Å². The van der Waals surface area contributed by atoms with Gasteiger partial charge in [-0.15, -0.1) is 0 Å². The third-order valence-electron chi connectivity index (χ3n) is 2.08. The van der Waals surface area contributed by atoms with Crippen LogP contribution in [0.2, 0.25) is 0 Å². The largest absolute Gasteiger partial charge is 0.501 e. The number of ether oxygens (including phenoxy) is 1. The van der Waals surface area contributed by atoms with Crippen molar-refractivity contribution in [1.82, 2.24) is 0 Å². The number of nitrogens with zero attached hydrogens (tertiary/aromatic N) is 1. The molecule has 1 atom stereocenters. The first-order valence-electron chi connectivity index (χ1n) is 5.12. The van der Waals surface area contributed by atoms with Gasteiger partial charge in [0.1, 0.15) is 0 Å². The van der Waals surface area contributed by atoms with Crippen LogP contribution in [0.1, 0.15) is 20.3 Å². The molecule has 0 aromatic heterocycles. The Hall–Kier alpha value is -1.02. The van der Waals surface area contributed by atoms with Crippen LogP contribution in [0.25, 0.3) is 0 Å². The van der Waals surface area contributed by atoms with E-state index >= 15 is 0 Å². The van der Waals surface area contributed by atoms with E-state index in [2.05, 4.69) is 11.9 Å². The van der Waals surface area contributed by atoms with Crippen LogP contribution >= 0.6 is 11.6 Å². The predicted molar refractivity (Wildman–Crippen MR) is 65.1 cm³/mol. The van der Waals surface area contributed by atoms with Crippen LogP contribution in [0.4, 0.5) is 0 Å². The van der Waals surface area contributed by atoms with Crippen LogP contribution < -0.4 is 0 Å². The zero-order valence-corrected chi connectivity index (χ0v) is 9.87. The van der Waals surface area contributed by atoms with Crippen molar-refractivity contribution >= 4 is 17.3 Å². The van der Waals surface area contributed by atoms with Gasteiger partial charge in [-0.3, -0.25) is 4.99 Å². The van der Waals surface area contributed by atoms with Crippen molar-refractivity contribution in [3.05, 3.63) is 35.7 Å². The van der Waals surface area contributed by atoms with Gasteiger partial charge in [0, 0.05) is 11.2 Å². The molecule has 1 rings (SSSR count). The maximum Gasteiger partial charge on any atom is 0.0850 e. The maximum atomic E-state index is 6.12. The maximum absolute atomic E-state index is 6.12. The van der Waals surface area contributed by atoms with Gasteiger partial charge in [0.2, 0.25) is 0 Å². The highest BCUT2D eigenvalue weighted by Gasteiger charge is 2.06. The summed E-state index contributed by atoms with van der Waals surface area (Å²) in [4.78, 5) is 4.25. The summed E-state index contributed by atoms with van der Waals surface area (Å²) in [6.07, 6.45) is 10.1. The molecule has 0 saturated heterocycles. The highest BCUT2D eigenvalue weighted by Crippen LogP contribution is 2.20. The van der Waals surface area contributed by atoms with Gasteiger partial charge in [-0.05, 0) is 31.4 Å². The summed E-state index contributed by atoms with van der Waals surface area (Å²) in [5.41, 5.74) is 0.816. The average molecular weight is 226 g/mol. The van der Waals surface area contributed by atoms with Gasteiger partial charge in [0.05, 0.1) is 18.6 Å². The third-order valence-corrected chi connectivity index (χ3v) is 2.56. The van der Waals surface area contributed by atoms with Gasteiger partial charge in [-0.1, -0.05) is 24.6 Å². The average Bonchev–Trinajstić information content (AvgIpc) is 2.21. The van der Waals surface area contributed by atoms with Crippen LogP contribution in [-0.4, -0.2) is 12.3 Å². The highest BCUT2D eigenvalue weighted by molar-refractivity contribution is 6.32. The minimum absolute atomic E-state index is 0.355. The fourth-order valence-corrected chi connectivity index (χ4v) is 1.34. The minimum Gasteiger partial charge on any atom is -0.501 e.